The van der Waals surface area contributed by atoms with Crippen molar-refractivity contribution in [1.29, 1.82) is 0 Å². The van der Waals surface area contributed by atoms with Crippen LogP contribution in [0.2, 0.25) is 10.0 Å². The lowest BCUT2D eigenvalue weighted by atomic mass is 9.86. The highest BCUT2D eigenvalue weighted by Gasteiger charge is 2.37. The van der Waals surface area contributed by atoms with Crippen LogP contribution in [0, 0.1) is 5.92 Å². The van der Waals surface area contributed by atoms with Crippen molar-refractivity contribution < 1.29 is 39.0 Å². The second kappa shape index (κ2) is 16.3. The number of rotatable bonds is 11. The van der Waals surface area contributed by atoms with Crippen LogP contribution in [0.3, 0.4) is 0 Å². The molecule has 7 rings (SSSR count). The van der Waals surface area contributed by atoms with Crippen LogP contribution >= 0.6 is 23.2 Å². The number of piperidine rings is 3. The number of halogens is 2. The third-order valence-electron chi connectivity index (χ3n) is 8.93. The number of nitrogens with one attached hydrogen (secondary N) is 1. The molecular weight excluding hydrogens is 671 g/mol. The highest BCUT2D eigenvalue weighted by Crippen LogP contribution is 2.35. The lowest BCUT2D eigenvalue weighted by molar-refractivity contribution is -0.377. The van der Waals surface area contributed by atoms with Crippen molar-refractivity contribution >= 4 is 41.0 Å². The average Bonchev–Trinajstić information content (AvgIpc) is 3.12. The Kier molecular flexibility index (Phi) is 11.9. The molecule has 49 heavy (non-hydrogen) atoms. The third-order valence-corrected chi connectivity index (χ3v) is 9.61. The molecule has 2 N–H and O–H groups in total. The van der Waals surface area contributed by atoms with Crippen LogP contribution < -0.4 is 19.4 Å². The third kappa shape index (κ3) is 8.42. The van der Waals surface area contributed by atoms with Crippen LogP contribution in [0.25, 0.3) is 0 Å². The monoisotopic (exact) mass is 708 g/mol. The van der Waals surface area contributed by atoms with E-state index in [0.29, 0.717) is 50.0 Å². The van der Waals surface area contributed by atoms with E-state index in [1.807, 2.05) is 30.3 Å². The van der Waals surface area contributed by atoms with Crippen LogP contribution in [0.1, 0.15) is 46.1 Å². The Balaban J connectivity index is 0.00000468. The zero-order chi connectivity index (χ0) is 33.6. The van der Waals surface area contributed by atoms with Gasteiger partial charge in [0, 0.05) is 30.4 Å². The first-order chi connectivity index (χ1) is 23.3. The standard InChI is InChI=1S/C36H36Cl2N4O6.H2O/c1-45-31-11-9-24(16-33(31)46-2)32(17-28-29(37)19-39-20-30(28)38)47-35(43)25-8-10-26(40-18-25)21-42(27-6-4-3-5-7-27)36(44)48-34-22-41-14-12-23(34)13-15-41;/h3-11,16,18-20,23,32,34H,12-15,17,21-22H2,1-2H3;1H2/t32-,34-;/m0./s1. The summed E-state index contributed by atoms with van der Waals surface area (Å²) < 4.78 is 23.0. The molecule has 0 unspecified atom stereocenters. The molecule has 2 aromatic carbocycles. The first-order valence-electron chi connectivity index (χ1n) is 15.8. The molecule has 2 aromatic heterocycles. The zero-order valence-electron chi connectivity index (χ0n) is 27.2. The molecule has 4 aromatic rings. The minimum absolute atomic E-state index is 0. The van der Waals surface area contributed by atoms with Crippen molar-refractivity contribution in [3.05, 3.63) is 112 Å². The maximum Gasteiger partial charge on any atom is 0.414 e. The van der Waals surface area contributed by atoms with Crippen molar-refractivity contribution in [1.82, 2.24) is 9.88 Å². The summed E-state index contributed by atoms with van der Waals surface area (Å²) in [4.78, 5) is 38.4. The van der Waals surface area contributed by atoms with Crippen molar-refractivity contribution in [3.63, 3.8) is 0 Å². The summed E-state index contributed by atoms with van der Waals surface area (Å²) in [7, 11) is 3.08. The number of aromatic nitrogens is 2. The Labute approximate surface area is 295 Å². The van der Waals surface area contributed by atoms with Crippen LogP contribution in [0.4, 0.5) is 10.5 Å². The van der Waals surface area contributed by atoms with Crippen LogP contribution in [0.15, 0.2) is 79.3 Å². The minimum Gasteiger partial charge on any atom is -0.870 e. The quantitative estimate of drug-likeness (QED) is 0.162. The predicted molar refractivity (Wildman–Crippen MR) is 183 cm³/mol. The zero-order valence-corrected chi connectivity index (χ0v) is 28.7. The maximum atomic E-state index is 13.6. The van der Waals surface area contributed by atoms with Gasteiger partial charge in [-0.25, -0.2) is 14.6 Å². The Morgan fingerprint density at radius 1 is 0.980 bits per heavy atom. The molecule has 0 saturated carbocycles. The van der Waals surface area contributed by atoms with Gasteiger partial charge in [-0.15, -0.1) is 0 Å². The van der Waals surface area contributed by atoms with Crippen molar-refractivity contribution in [2.24, 2.45) is 5.92 Å². The molecular formula is C36H38Cl2N4O7. The van der Waals surface area contributed by atoms with Crippen molar-refractivity contribution in [2.45, 2.75) is 38.0 Å². The summed E-state index contributed by atoms with van der Waals surface area (Å²) >= 11 is 12.9. The van der Waals surface area contributed by atoms with E-state index >= 15 is 0 Å². The maximum absolute atomic E-state index is 13.6. The first kappa shape index (κ1) is 35.9. The van der Waals surface area contributed by atoms with Gasteiger partial charge in [0.1, 0.15) is 22.3 Å². The number of anilines is 1. The lowest BCUT2D eigenvalue weighted by Crippen LogP contribution is -2.53. The molecule has 3 saturated heterocycles. The van der Waals surface area contributed by atoms with Gasteiger partial charge in [-0.1, -0.05) is 47.5 Å². The van der Waals surface area contributed by atoms with Crippen LogP contribution in [-0.2, 0) is 22.4 Å². The fourth-order valence-electron chi connectivity index (χ4n) is 6.24. The van der Waals surface area contributed by atoms with E-state index in [1.54, 1.807) is 54.7 Å². The predicted octanol–water partition coefficient (Wildman–Crippen LogP) is 6.42. The molecule has 3 aliphatic heterocycles. The van der Waals surface area contributed by atoms with Gasteiger partial charge in [-0.3, -0.25) is 14.8 Å². The van der Waals surface area contributed by atoms with Crippen LogP contribution in [-0.4, -0.2) is 67.4 Å². The minimum atomic E-state index is -0.774. The van der Waals surface area contributed by atoms with Gasteiger partial charge in [0.05, 0.1) is 32.0 Å². The molecule has 11 nitrogen and oxygen atoms in total. The molecule has 258 valence electrons. The number of fused-ring (bicyclic) bond motifs is 3. The molecule has 0 radical (unpaired) electrons. The van der Waals surface area contributed by atoms with Gasteiger partial charge < -0.3 is 24.4 Å². The van der Waals surface area contributed by atoms with Gasteiger partial charge in [-0.05, 0) is 73.8 Å². The summed E-state index contributed by atoms with van der Waals surface area (Å²) in [5.74, 6) is 0.810. The Morgan fingerprint density at radius 3 is 2.31 bits per heavy atom. The van der Waals surface area contributed by atoms with Crippen molar-refractivity contribution in [3.8, 4) is 11.5 Å². The number of ether oxygens (including phenoxy) is 4. The number of amides is 1. The smallest absolute Gasteiger partial charge is 0.414 e. The van der Waals surface area contributed by atoms with Gasteiger partial charge in [-0.2, -0.15) is 0 Å². The lowest BCUT2D eigenvalue weighted by Gasteiger charge is -2.44. The number of H-pyrrole nitrogens is 1. The van der Waals surface area contributed by atoms with Crippen LogP contribution in [0.5, 0.6) is 11.5 Å². The fourth-order valence-corrected chi connectivity index (χ4v) is 6.77. The Morgan fingerprint density at radius 2 is 1.69 bits per heavy atom. The molecule has 5 heterocycles. The number of pyridine rings is 2. The molecule has 3 fully saturated rings. The molecule has 0 aliphatic carbocycles. The molecule has 13 heteroatoms. The number of hydrogen-bond donors (Lipinski definition) is 0. The Hall–Kier alpha value is -4.42. The summed E-state index contributed by atoms with van der Waals surface area (Å²) in [6.45, 7) is 3.04. The Bertz CT molecular complexity index is 1720. The number of hydrogen-bond acceptors (Lipinski definition) is 9. The summed E-state index contributed by atoms with van der Waals surface area (Å²) in [5, 5.41) is 0.815. The van der Waals surface area contributed by atoms with E-state index in [-0.39, 0.29) is 30.1 Å². The number of benzene rings is 2. The fraction of sp³-hybridized carbons (Fsp3) is 0.333. The number of esters is 1. The van der Waals surface area contributed by atoms with E-state index in [2.05, 4.69) is 14.9 Å². The normalized spacial score (nSPS) is 18.5. The van der Waals surface area contributed by atoms with E-state index in [4.69, 9.17) is 42.1 Å². The summed E-state index contributed by atoms with van der Waals surface area (Å²) in [6, 6.07) is 18.0. The van der Waals surface area contributed by atoms with E-state index in [1.165, 1.54) is 13.3 Å². The number of para-hydroxylation sites is 1. The highest BCUT2D eigenvalue weighted by atomic mass is 35.5. The highest BCUT2D eigenvalue weighted by molar-refractivity contribution is 6.35. The average molecular weight is 710 g/mol. The number of carbonyl (C=O) groups excluding carboxylic acids is 2. The van der Waals surface area contributed by atoms with Gasteiger partial charge in [0.2, 0.25) is 0 Å². The molecule has 2 bridgehead atoms. The van der Waals surface area contributed by atoms with E-state index in [0.717, 1.165) is 32.5 Å². The molecule has 3 aliphatic rings. The number of aromatic amines is 1. The largest absolute Gasteiger partial charge is 0.870 e. The second-order valence-electron chi connectivity index (χ2n) is 11.9. The number of carbonyl (C=O) groups is 2. The summed E-state index contributed by atoms with van der Waals surface area (Å²) in [5.41, 5.74) is 2.79. The number of nitrogens with zero attached hydrogens (tertiary/aromatic N) is 3. The summed E-state index contributed by atoms with van der Waals surface area (Å²) in [6.07, 6.45) is 5.64. The number of methoxy groups -OCH3 is 2. The first-order valence-corrected chi connectivity index (χ1v) is 16.6. The van der Waals surface area contributed by atoms with E-state index in [9.17, 15) is 9.59 Å². The van der Waals surface area contributed by atoms with Gasteiger partial charge in [0.25, 0.3) is 0 Å². The molecule has 2 atom stereocenters. The van der Waals surface area contributed by atoms with Gasteiger partial charge >= 0.3 is 12.1 Å². The molecule has 1 amide bonds. The topological polar surface area (TPSA) is 135 Å². The van der Waals surface area contributed by atoms with Crippen molar-refractivity contribution in [2.75, 3.05) is 38.8 Å². The molecule has 0 spiro atoms. The van der Waals surface area contributed by atoms with Gasteiger partial charge in [0.15, 0.2) is 23.9 Å². The van der Waals surface area contributed by atoms with E-state index < -0.39 is 18.2 Å². The second-order valence-corrected chi connectivity index (χ2v) is 12.7. The SMILES string of the molecule is COc1ccc([C@H](Cc2c(Cl)c[nH+]cc2Cl)OC(=O)c2ccc(CN(C(=O)O[C@H]3CN4CCC3CC4)c3ccccc3)nc2)cc1OC.[OH-].